The summed E-state index contributed by atoms with van der Waals surface area (Å²) in [7, 11) is 1.79. The van der Waals surface area contributed by atoms with Crippen LogP contribution in [0.4, 0.5) is 11.5 Å². The first-order chi connectivity index (χ1) is 9.49. The maximum atomic E-state index is 11.0. The molecule has 20 heavy (non-hydrogen) atoms. The maximum absolute atomic E-state index is 11.0. The number of aromatic carboxylic acids is 1. The summed E-state index contributed by atoms with van der Waals surface area (Å²) >= 11 is 6.10. The van der Waals surface area contributed by atoms with Crippen molar-refractivity contribution in [1.29, 1.82) is 0 Å². The van der Waals surface area contributed by atoms with E-state index < -0.39 is 5.97 Å². The molecule has 3 N–H and O–H groups in total. The molecular formula is C14H14ClN3O2. The van der Waals surface area contributed by atoms with Gasteiger partial charge in [-0.2, -0.15) is 0 Å². The number of pyridine rings is 1. The van der Waals surface area contributed by atoms with Crippen molar-refractivity contribution in [3.05, 3.63) is 52.7 Å². The number of carbonyl (C=O) groups is 1. The molecule has 1 heterocycles. The van der Waals surface area contributed by atoms with Gasteiger partial charge in [0.2, 0.25) is 0 Å². The number of carboxylic acids is 1. The van der Waals surface area contributed by atoms with E-state index in [1.54, 1.807) is 18.0 Å². The van der Waals surface area contributed by atoms with Crippen LogP contribution in [0.25, 0.3) is 0 Å². The standard InChI is InChI=1S/C14H14ClN3O2/c1-18(8-9-4-2-3-5-10(9)15)13-11(16)6-7-12(17-13)14(19)20/h2-7H,8,16H2,1H3,(H,19,20). The smallest absolute Gasteiger partial charge is 0.354 e. The molecule has 1 aromatic heterocycles. The zero-order chi connectivity index (χ0) is 14.7. The van der Waals surface area contributed by atoms with E-state index in [-0.39, 0.29) is 5.69 Å². The molecule has 5 nitrogen and oxygen atoms in total. The topological polar surface area (TPSA) is 79.5 Å². The summed E-state index contributed by atoms with van der Waals surface area (Å²) in [5, 5.41) is 9.62. The Morgan fingerprint density at radius 1 is 1.35 bits per heavy atom. The summed E-state index contributed by atoms with van der Waals surface area (Å²) in [6, 6.07) is 10.4. The zero-order valence-corrected chi connectivity index (χ0v) is 11.6. The Hall–Kier alpha value is -2.27. The third-order valence-electron chi connectivity index (χ3n) is 2.85. The molecule has 0 fully saturated rings. The molecule has 0 amide bonds. The molecule has 0 aliphatic carbocycles. The van der Waals surface area contributed by atoms with Gasteiger partial charge in [0.25, 0.3) is 0 Å². The van der Waals surface area contributed by atoms with E-state index >= 15 is 0 Å². The lowest BCUT2D eigenvalue weighted by molar-refractivity contribution is 0.0690. The van der Waals surface area contributed by atoms with Gasteiger partial charge in [0.05, 0.1) is 5.69 Å². The molecule has 6 heteroatoms. The second-order valence-corrected chi connectivity index (χ2v) is 4.77. The number of benzene rings is 1. The van der Waals surface area contributed by atoms with Gasteiger partial charge in [0.1, 0.15) is 0 Å². The summed E-state index contributed by atoms with van der Waals surface area (Å²) in [6.45, 7) is 0.486. The summed E-state index contributed by atoms with van der Waals surface area (Å²) in [5.41, 5.74) is 7.15. The number of nitrogens with zero attached hydrogens (tertiary/aromatic N) is 2. The van der Waals surface area contributed by atoms with Crippen LogP contribution < -0.4 is 10.6 Å². The average Bonchev–Trinajstić information content (AvgIpc) is 2.41. The van der Waals surface area contributed by atoms with Gasteiger partial charge in [-0.3, -0.25) is 0 Å². The number of rotatable bonds is 4. The van der Waals surface area contributed by atoms with Crippen molar-refractivity contribution in [3.63, 3.8) is 0 Å². The zero-order valence-electron chi connectivity index (χ0n) is 10.9. The third kappa shape index (κ3) is 3.00. The van der Waals surface area contributed by atoms with E-state index in [1.165, 1.54) is 12.1 Å². The van der Waals surface area contributed by atoms with E-state index in [2.05, 4.69) is 4.98 Å². The highest BCUT2D eigenvalue weighted by Gasteiger charge is 2.13. The van der Waals surface area contributed by atoms with E-state index in [4.69, 9.17) is 22.4 Å². The first kappa shape index (κ1) is 14.1. The molecule has 0 saturated heterocycles. The molecule has 104 valence electrons. The fourth-order valence-electron chi connectivity index (χ4n) is 1.84. The number of hydrogen-bond donors (Lipinski definition) is 2. The SMILES string of the molecule is CN(Cc1ccccc1Cl)c1nc(C(=O)O)ccc1N. The highest BCUT2D eigenvalue weighted by atomic mass is 35.5. The Labute approximate surface area is 121 Å². The average molecular weight is 292 g/mol. The lowest BCUT2D eigenvalue weighted by Crippen LogP contribution is -2.20. The number of anilines is 2. The minimum atomic E-state index is -1.09. The number of halogens is 1. The number of carboxylic acid groups (broad SMARTS) is 1. The molecule has 0 spiro atoms. The molecular weight excluding hydrogens is 278 g/mol. The van der Waals surface area contributed by atoms with Crippen LogP contribution >= 0.6 is 11.6 Å². The highest BCUT2D eigenvalue weighted by Crippen LogP contribution is 2.23. The third-order valence-corrected chi connectivity index (χ3v) is 3.22. The molecule has 0 unspecified atom stereocenters. The minimum Gasteiger partial charge on any atom is -0.477 e. The molecule has 2 rings (SSSR count). The van der Waals surface area contributed by atoms with Crippen molar-refractivity contribution >= 4 is 29.1 Å². The van der Waals surface area contributed by atoms with Crippen LogP contribution in [-0.2, 0) is 6.54 Å². The predicted octanol–water partition coefficient (Wildman–Crippen LogP) is 2.65. The molecule has 0 aliphatic heterocycles. The summed E-state index contributed by atoms with van der Waals surface area (Å²) in [5.74, 6) is -0.665. The summed E-state index contributed by atoms with van der Waals surface area (Å²) < 4.78 is 0. The van der Waals surface area contributed by atoms with Gasteiger partial charge in [-0.15, -0.1) is 0 Å². The van der Waals surface area contributed by atoms with Crippen LogP contribution in [0.3, 0.4) is 0 Å². The van der Waals surface area contributed by atoms with Gasteiger partial charge in [-0.05, 0) is 23.8 Å². The molecule has 0 atom stereocenters. The molecule has 0 bridgehead atoms. The Kier molecular flexibility index (Phi) is 4.10. The Balaban J connectivity index is 2.29. The van der Waals surface area contributed by atoms with Gasteiger partial charge < -0.3 is 15.7 Å². The van der Waals surface area contributed by atoms with Crippen molar-refractivity contribution in [1.82, 2.24) is 4.98 Å². The number of aromatic nitrogens is 1. The van der Waals surface area contributed by atoms with Crippen molar-refractivity contribution in [2.75, 3.05) is 17.7 Å². The van der Waals surface area contributed by atoms with Crippen LogP contribution in [0.5, 0.6) is 0 Å². The van der Waals surface area contributed by atoms with E-state index in [0.717, 1.165) is 5.56 Å². The Morgan fingerprint density at radius 2 is 2.05 bits per heavy atom. The second-order valence-electron chi connectivity index (χ2n) is 4.36. The van der Waals surface area contributed by atoms with E-state index in [1.807, 2.05) is 18.2 Å². The van der Waals surface area contributed by atoms with Crippen molar-refractivity contribution in [2.45, 2.75) is 6.54 Å². The summed E-state index contributed by atoms with van der Waals surface area (Å²) in [6.07, 6.45) is 0. The lowest BCUT2D eigenvalue weighted by Gasteiger charge is -2.20. The van der Waals surface area contributed by atoms with Gasteiger partial charge in [-0.1, -0.05) is 29.8 Å². The van der Waals surface area contributed by atoms with Gasteiger partial charge in [0.15, 0.2) is 11.5 Å². The van der Waals surface area contributed by atoms with E-state index in [0.29, 0.717) is 23.1 Å². The molecule has 0 aliphatic rings. The lowest BCUT2D eigenvalue weighted by atomic mass is 10.2. The van der Waals surface area contributed by atoms with Crippen molar-refractivity contribution in [3.8, 4) is 0 Å². The predicted molar refractivity (Wildman–Crippen MR) is 79.2 cm³/mol. The fourth-order valence-corrected chi connectivity index (χ4v) is 2.04. The van der Waals surface area contributed by atoms with Gasteiger partial charge in [0, 0.05) is 18.6 Å². The maximum Gasteiger partial charge on any atom is 0.354 e. The highest BCUT2D eigenvalue weighted by molar-refractivity contribution is 6.31. The van der Waals surface area contributed by atoms with Gasteiger partial charge >= 0.3 is 5.97 Å². The van der Waals surface area contributed by atoms with Crippen LogP contribution in [-0.4, -0.2) is 23.1 Å². The molecule has 1 aromatic carbocycles. The van der Waals surface area contributed by atoms with Gasteiger partial charge in [-0.25, -0.2) is 9.78 Å². The first-order valence-corrected chi connectivity index (χ1v) is 6.31. The molecule has 0 radical (unpaired) electrons. The molecule has 2 aromatic rings. The monoisotopic (exact) mass is 291 g/mol. The Bertz CT molecular complexity index is 646. The fraction of sp³-hybridized carbons (Fsp3) is 0.143. The summed E-state index contributed by atoms with van der Waals surface area (Å²) in [4.78, 5) is 16.8. The van der Waals surface area contributed by atoms with Crippen LogP contribution in [0.1, 0.15) is 16.1 Å². The van der Waals surface area contributed by atoms with Crippen molar-refractivity contribution in [2.24, 2.45) is 0 Å². The van der Waals surface area contributed by atoms with Crippen molar-refractivity contribution < 1.29 is 9.90 Å². The molecule has 0 saturated carbocycles. The van der Waals surface area contributed by atoms with Crippen LogP contribution in [0.15, 0.2) is 36.4 Å². The number of hydrogen-bond acceptors (Lipinski definition) is 4. The second kappa shape index (κ2) is 5.79. The van der Waals surface area contributed by atoms with Crippen LogP contribution in [0, 0.1) is 0 Å². The van der Waals surface area contributed by atoms with Crippen LogP contribution in [0.2, 0.25) is 5.02 Å². The number of nitrogen functional groups attached to an aromatic ring is 1. The quantitative estimate of drug-likeness (QED) is 0.905. The normalized spacial score (nSPS) is 10.3. The Morgan fingerprint density at radius 3 is 2.70 bits per heavy atom. The van der Waals surface area contributed by atoms with E-state index in [9.17, 15) is 4.79 Å². The first-order valence-electron chi connectivity index (χ1n) is 5.93. The largest absolute Gasteiger partial charge is 0.477 e. The minimum absolute atomic E-state index is 0.0415. The number of nitrogens with two attached hydrogens (primary N) is 1.